The fraction of sp³-hybridized carbons (Fsp3) is 0.235. The second-order valence-electron chi connectivity index (χ2n) is 5.86. The van der Waals surface area contributed by atoms with Crippen molar-refractivity contribution in [3.8, 4) is 0 Å². The Morgan fingerprint density at radius 1 is 1.19 bits per heavy atom. The van der Waals surface area contributed by atoms with Crippen LogP contribution < -0.4 is 9.62 Å². The Morgan fingerprint density at radius 2 is 1.85 bits per heavy atom. The number of rotatable bonds is 6. The summed E-state index contributed by atoms with van der Waals surface area (Å²) in [6, 6.07) is 11.1. The Hall–Kier alpha value is -2.94. The first-order valence-corrected chi connectivity index (χ1v) is 9.52. The maximum Gasteiger partial charge on any atom is 0.274 e. The largest absolute Gasteiger partial charge is 0.324 e. The van der Waals surface area contributed by atoms with Crippen LogP contribution in [0.1, 0.15) is 11.1 Å². The second-order valence-corrected chi connectivity index (χ2v) is 7.77. The fourth-order valence-corrected chi connectivity index (χ4v) is 3.31. The third-order valence-electron chi connectivity index (χ3n) is 3.75. The van der Waals surface area contributed by atoms with E-state index in [1.165, 1.54) is 25.1 Å². The quantitative estimate of drug-likeness (QED) is 0.615. The molecule has 26 heavy (non-hydrogen) atoms. The number of nitrogens with zero attached hydrogens (tertiary/aromatic N) is 2. The van der Waals surface area contributed by atoms with Crippen LogP contribution in [0, 0.1) is 24.0 Å². The van der Waals surface area contributed by atoms with Crippen LogP contribution in [0.5, 0.6) is 0 Å². The predicted octanol–water partition coefficient (Wildman–Crippen LogP) is 2.62. The molecule has 0 atom stereocenters. The highest BCUT2D eigenvalue weighted by molar-refractivity contribution is 7.92. The first kappa shape index (κ1) is 19.4. The van der Waals surface area contributed by atoms with Gasteiger partial charge in [-0.3, -0.25) is 19.2 Å². The minimum atomic E-state index is -3.69. The molecule has 0 aliphatic rings. The summed E-state index contributed by atoms with van der Waals surface area (Å²) in [6.07, 6.45) is 1.02. The SMILES string of the molecule is Cc1cccc(N(CC(=O)Nc2cccc([N+](=O)[O-])c2C)S(C)(=O)=O)c1. The lowest BCUT2D eigenvalue weighted by Gasteiger charge is -2.22. The zero-order chi connectivity index (χ0) is 19.5. The van der Waals surface area contributed by atoms with Gasteiger partial charge in [-0.05, 0) is 37.6 Å². The van der Waals surface area contributed by atoms with Crippen molar-refractivity contribution in [2.75, 3.05) is 22.4 Å². The summed E-state index contributed by atoms with van der Waals surface area (Å²) < 4.78 is 25.2. The van der Waals surface area contributed by atoms with E-state index in [2.05, 4.69) is 5.32 Å². The van der Waals surface area contributed by atoms with Crippen molar-refractivity contribution in [1.82, 2.24) is 0 Å². The monoisotopic (exact) mass is 377 g/mol. The van der Waals surface area contributed by atoms with Crippen LogP contribution in [0.15, 0.2) is 42.5 Å². The van der Waals surface area contributed by atoms with Crippen molar-refractivity contribution < 1.29 is 18.1 Å². The summed E-state index contributed by atoms with van der Waals surface area (Å²) in [5.41, 5.74) is 1.67. The van der Waals surface area contributed by atoms with Crippen molar-refractivity contribution in [2.45, 2.75) is 13.8 Å². The van der Waals surface area contributed by atoms with Gasteiger partial charge in [0, 0.05) is 6.07 Å². The van der Waals surface area contributed by atoms with Gasteiger partial charge in [0.25, 0.3) is 5.69 Å². The molecule has 138 valence electrons. The molecule has 2 rings (SSSR count). The minimum absolute atomic E-state index is 0.124. The van der Waals surface area contributed by atoms with Crippen LogP contribution in [0.3, 0.4) is 0 Å². The topological polar surface area (TPSA) is 110 Å². The highest BCUT2D eigenvalue weighted by atomic mass is 32.2. The molecule has 9 heteroatoms. The van der Waals surface area contributed by atoms with Gasteiger partial charge in [0.1, 0.15) is 6.54 Å². The second kappa shape index (κ2) is 7.52. The maximum absolute atomic E-state index is 12.4. The van der Waals surface area contributed by atoms with E-state index in [1.807, 2.05) is 13.0 Å². The van der Waals surface area contributed by atoms with Gasteiger partial charge in [-0.25, -0.2) is 8.42 Å². The lowest BCUT2D eigenvalue weighted by atomic mass is 10.1. The minimum Gasteiger partial charge on any atom is -0.324 e. The van der Waals surface area contributed by atoms with Gasteiger partial charge < -0.3 is 5.32 Å². The number of hydrogen-bond acceptors (Lipinski definition) is 5. The van der Waals surface area contributed by atoms with Crippen molar-refractivity contribution in [3.05, 3.63) is 63.7 Å². The number of carbonyl (C=O) groups excluding carboxylic acids is 1. The molecule has 0 fully saturated rings. The summed E-state index contributed by atoms with van der Waals surface area (Å²) >= 11 is 0. The number of anilines is 2. The van der Waals surface area contributed by atoms with Gasteiger partial charge >= 0.3 is 0 Å². The zero-order valence-corrected chi connectivity index (χ0v) is 15.4. The van der Waals surface area contributed by atoms with Crippen molar-refractivity contribution >= 4 is 33.0 Å². The molecule has 1 N–H and O–H groups in total. The van der Waals surface area contributed by atoms with Crippen LogP contribution in [0.25, 0.3) is 0 Å². The van der Waals surface area contributed by atoms with Crippen molar-refractivity contribution in [2.24, 2.45) is 0 Å². The van der Waals surface area contributed by atoms with Gasteiger partial charge in [0.15, 0.2) is 0 Å². The third kappa shape index (κ3) is 4.57. The van der Waals surface area contributed by atoms with E-state index >= 15 is 0 Å². The average molecular weight is 377 g/mol. The molecule has 0 aliphatic heterocycles. The van der Waals surface area contributed by atoms with E-state index in [4.69, 9.17) is 0 Å². The van der Waals surface area contributed by atoms with E-state index in [1.54, 1.807) is 18.2 Å². The molecule has 0 spiro atoms. The molecule has 0 aliphatic carbocycles. The molecule has 0 bridgehead atoms. The van der Waals surface area contributed by atoms with Crippen LogP contribution in [0.4, 0.5) is 17.1 Å². The van der Waals surface area contributed by atoms with Crippen molar-refractivity contribution in [1.29, 1.82) is 0 Å². The summed E-state index contributed by atoms with van der Waals surface area (Å²) in [4.78, 5) is 22.8. The summed E-state index contributed by atoms with van der Waals surface area (Å²) in [6.45, 7) is 2.89. The van der Waals surface area contributed by atoms with E-state index in [-0.39, 0.29) is 11.4 Å². The number of sulfonamides is 1. The highest BCUT2D eigenvalue weighted by Gasteiger charge is 2.22. The number of carbonyl (C=O) groups is 1. The van der Waals surface area contributed by atoms with Gasteiger partial charge in [-0.2, -0.15) is 0 Å². The number of aryl methyl sites for hydroxylation is 1. The highest BCUT2D eigenvalue weighted by Crippen LogP contribution is 2.25. The molecule has 0 heterocycles. The predicted molar refractivity (Wildman–Crippen MR) is 99.8 cm³/mol. The standard InChI is InChI=1S/C17H19N3O5S/c1-12-6-4-7-14(10-12)19(26(3,24)25)11-17(21)18-15-8-5-9-16(13(15)2)20(22)23/h4-10H,11H2,1-3H3,(H,18,21). The van der Waals surface area contributed by atoms with Crippen LogP contribution in [-0.2, 0) is 14.8 Å². The van der Waals surface area contributed by atoms with Gasteiger partial charge in [0.05, 0.1) is 28.1 Å². The first-order chi connectivity index (χ1) is 12.1. The Morgan fingerprint density at radius 3 is 2.42 bits per heavy atom. The van der Waals surface area contributed by atoms with E-state index in [0.717, 1.165) is 16.1 Å². The zero-order valence-electron chi connectivity index (χ0n) is 14.6. The molecular formula is C17H19N3O5S. The number of hydrogen-bond donors (Lipinski definition) is 1. The van der Waals surface area contributed by atoms with E-state index in [0.29, 0.717) is 11.3 Å². The number of nitrogens with one attached hydrogen (secondary N) is 1. The molecule has 0 unspecified atom stereocenters. The molecule has 0 saturated carbocycles. The van der Waals surface area contributed by atoms with Crippen molar-refractivity contribution in [3.63, 3.8) is 0 Å². The van der Waals surface area contributed by atoms with Gasteiger partial charge in [-0.15, -0.1) is 0 Å². The normalized spacial score (nSPS) is 11.0. The summed E-state index contributed by atoms with van der Waals surface area (Å²) in [5, 5.41) is 13.5. The molecule has 0 aromatic heterocycles. The molecular weight excluding hydrogens is 358 g/mol. The number of benzene rings is 2. The van der Waals surface area contributed by atoms with Crippen LogP contribution in [-0.4, -0.2) is 32.0 Å². The van der Waals surface area contributed by atoms with Gasteiger partial charge in [0.2, 0.25) is 15.9 Å². The molecule has 1 amide bonds. The smallest absolute Gasteiger partial charge is 0.274 e. The molecule has 0 radical (unpaired) electrons. The molecule has 2 aromatic carbocycles. The fourth-order valence-electron chi connectivity index (χ4n) is 2.46. The van der Waals surface area contributed by atoms with Crippen LogP contribution in [0.2, 0.25) is 0 Å². The van der Waals surface area contributed by atoms with Gasteiger partial charge in [-0.1, -0.05) is 18.2 Å². The lowest BCUT2D eigenvalue weighted by molar-refractivity contribution is -0.385. The average Bonchev–Trinajstić information content (AvgIpc) is 2.53. The Balaban J connectivity index is 2.27. The number of nitro groups is 1. The van der Waals surface area contributed by atoms with E-state index in [9.17, 15) is 23.3 Å². The Labute approximate surface area is 151 Å². The number of nitro benzene ring substituents is 1. The summed E-state index contributed by atoms with van der Waals surface area (Å²) in [7, 11) is -3.69. The number of amides is 1. The maximum atomic E-state index is 12.4. The van der Waals surface area contributed by atoms with Crippen LogP contribution >= 0.6 is 0 Å². The lowest BCUT2D eigenvalue weighted by Crippen LogP contribution is -2.37. The first-order valence-electron chi connectivity index (χ1n) is 7.68. The third-order valence-corrected chi connectivity index (χ3v) is 4.89. The molecule has 8 nitrogen and oxygen atoms in total. The van der Waals surface area contributed by atoms with E-state index < -0.39 is 27.4 Å². The Bertz CT molecular complexity index is 957. The molecule has 2 aromatic rings. The summed E-state index contributed by atoms with van der Waals surface area (Å²) in [5.74, 6) is -0.597. The Kier molecular flexibility index (Phi) is 5.61. The molecule has 0 saturated heterocycles.